The molecule has 0 aliphatic carbocycles. The van der Waals surface area contributed by atoms with Gasteiger partial charge in [0.2, 0.25) is 0 Å². The molecule has 0 spiro atoms. The number of hydrogen-bond acceptors (Lipinski definition) is 6. The third-order valence-electron chi connectivity index (χ3n) is 2.17. The van der Waals surface area contributed by atoms with Crippen LogP contribution in [0.2, 0.25) is 5.15 Å². The molecule has 102 valence electrons. The van der Waals surface area contributed by atoms with E-state index in [9.17, 15) is 4.79 Å². The van der Waals surface area contributed by atoms with Crippen molar-refractivity contribution in [1.29, 1.82) is 0 Å². The number of carbonyl (C=O) groups is 1. The number of aromatic nitrogens is 2. The standard InChI is InChI=1S/C9H15ClN6O.ClH/c1-2-4(11)3-14-9(17)5-7(12)16-8(13)6(10)15-5;/h4H,2-3,11H2,1H3,(H,14,17)(H4,12,13,16);1H/t4-;/m0./s1. The molecule has 0 aliphatic rings. The summed E-state index contributed by atoms with van der Waals surface area (Å²) < 4.78 is 0. The molecule has 7 nitrogen and oxygen atoms in total. The third kappa shape index (κ3) is 4.17. The first-order valence-corrected chi connectivity index (χ1v) is 5.45. The van der Waals surface area contributed by atoms with Crippen molar-refractivity contribution in [2.45, 2.75) is 19.4 Å². The van der Waals surface area contributed by atoms with E-state index < -0.39 is 5.91 Å². The number of halogens is 2. The molecule has 0 saturated carbocycles. The van der Waals surface area contributed by atoms with Gasteiger partial charge >= 0.3 is 0 Å². The molecule has 0 fully saturated rings. The Morgan fingerprint density at radius 1 is 1.39 bits per heavy atom. The minimum absolute atomic E-state index is 0. The SMILES string of the molecule is CC[C@H](N)CNC(=O)c1nc(Cl)c(N)nc1N.Cl. The maximum atomic E-state index is 11.7. The molecule has 0 unspecified atom stereocenters. The molecule has 0 saturated heterocycles. The molecule has 1 rings (SSSR count). The average molecular weight is 295 g/mol. The van der Waals surface area contributed by atoms with Gasteiger partial charge in [0.25, 0.3) is 5.91 Å². The zero-order valence-electron chi connectivity index (χ0n) is 9.81. The van der Waals surface area contributed by atoms with Gasteiger partial charge in [-0.1, -0.05) is 18.5 Å². The van der Waals surface area contributed by atoms with Gasteiger partial charge in [-0.15, -0.1) is 12.4 Å². The van der Waals surface area contributed by atoms with E-state index >= 15 is 0 Å². The summed E-state index contributed by atoms with van der Waals surface area (Å²) in [5, 5.41) is 2.54. The number of hydrogen-bond donors (Lipinski definition) is 4. The second-order valence-corrected chi connectivity index (χ2v) is 3.87. The first-order valence-electron chi connectivity index (χ1n) is 5.08. The van der Waals surface area contributed by atoms with E-state index in [1.807, 2.05) is 6.92 Å². The van der Waals surface area contributed by atoms with E-state index in [-0.39, 0.29) is 40.9 Å². The molecule has 9 heteroatoms. The van der Waals surface area contributed by atoms with Crippen LogP contribution in [-0.2, 0) is 0 Å². The number of nitrogens with zero attached hydrogens (tertiary/aromatic N) is 2. The number of rotatable bonds is 4. The Kier molecular flexibility index (Phi) is 6.67. The summed E-state index contributed by atoms with van der Waals surface area (Å²) in [6, 6.07) is -0.114. The minimum atomic E-state index is -0.471. The van der Waals surface area contributed by atoms with E-state index in [2.05, 4.69) is 15.3 Å². The predicted molar refractivity (Wildman–Crippen MR) is 73.7 cm³/mol. The molecular formula is C9H16Cl2N6O. The Morgan fingerprint density at radius 3 is 2.56 bits per heavy atom. The molecule has 0 bridgehead atoms. The molecule has 1 aromatic rings. The Morgan fingerprint density at radius 2 is 2.00 bits per heavy atom. The highest BCUT2D eigenvalue weighted by atomic mass is 35.5. The molecule has 1 heterocycles. The zero-order valence-corrected chi connectivity index (χ0v) is 11.4. The van der Waals surface area contributed by atoms with Crippen LogP contribution in [0.5, 0.6) is 0 Å². The van der Waals surface area contributed by atoms with E-state index in [0.717, 1.165) is 6.42 Å². The maximum Gasteiger partial charge on any atom is 0.273 e. The summed E-state index contributed by atoms with van der Waals surface area (Å²) in [5.41, 5.74) is 16.5. The van der Waals surface area contributed by atoms with Gasteiger partial charge in [0.1, 0.15) is 0 Å². The second-order valence-electron chi connectivity index (χ2n) is 3.51. The van der Waals surface area contributed by atoms with Crippen LogP contribution in [0.4, 0.5) is 11.6 Å². The second kappa shape index (κ2) is 7.20. The van der Waals surface area contributed by atoms with Crippen molar-refractivity contribution >= 4 is 41.6 Å². The van der Waals surface area contributed by atoms with Crippen LogP contribution in [0, 0.1) is 0 Å². The molecule has 1 atom stereocenters. The summed E-state index contributed by atoms with van der Waals surface area (Å²) in [5.74, 6) is -0.541. The van der Waals surface area contributed by atoms with Gasteiger partial charge < -0.3 is 22.5 Å². The summed E-state index contributed by atoms with van der Waals surface area (Å²) in [6.45, 7) is 2.25. The smallest absolute Gasteiger partial charge is 0.273 e. The summed E-state index contributed by atoms with van der Waals surface area (Å²) in [6.07, 6.45) is 0.754. The highest BCUT2D eigenvalue weighted by Gasteiger charge is 2.16. The fourth-order valence-electron chi connectivity index (χ4n) is 1.06. The average Bonchev–Trinajstić information content (AvgIpc) is 2.30. The van der Waals surface area contributed by atoms with Crippen molar-refractivity contribution in [3.05, 3.63) is 10.8 Å². The molecular weight excluding hydrogens is 279 g/mol. The van der Waals surface area contributed by atoms with E-state index in [1.54, 1.807) is 0 Å². The molecule has 1 aromatic heterocycles. The third-order valence-corrected chi connectivity index (χ3v) is 2.45. The first-order chi connectivity index (χ1) is 7.95. The normalized spacial score (nSPS) is 11.5. The van der Waals surface area contributed by atoms with Gasteiger partial charge in [-0.05, 0) is 6.42 Å². The number of amides is 1. The first kappa shape index (κ1) is 16.7. The number of nitrogen functional groups attached to an aromatic ring is 2. The number of nitrogens with two attached hydrogens (primary N) is 3. The number of anilines is 2. The van der Waals surface area contributed by atoms with Gasteiger partial charge in [-0.3, -0.25) is 4.79 Å². The van der Waals surface area contributed by atoms with Crippen LogP contribution in [0.1, 0.15) is 23.8 Å². The fraction of sp³-hybridized carbons (Fsp3) is 0.444. The number of nitrogens with one attached hydrogen (secondary N) is 1. The van der Waals surface area contributed by atoms with Crippen molar-refractivity contribution < 1.29 is 4.79 Å². The molecule has 7 N–H and O–H groups in total. The van der Waals surface area contributed by atoms with Gasteiger partial charge in [0.15, 0.2) is 22.5 Å². The fourth-order valence-corrected chi connectivity index (χ4v) is 1.19. The lowest BCUT2D eigenvalue weighted by Crippen LogP contribution is -2.37. The van der Waals surface area contributed by atoms with Crippen LogP contribution in [0.25, 0.3) is 0 Å². The van der Waals surface area contributed by atoms with Crippen LogP contribution in [-0.4, -0.2) is 28.5 Å². The largest absolute Gasteiger partial charge is 0.382 e. The lowest BCUT2D eigenvalue weighted by molar-refractivity contribution is 0.0946. The quantitative estimate of drug-likeness (QED) is 0.626. The van der Waals surface area contributed by atoms with Crippen molar-refractivity contribution in [3.63, 3.8) is 0 Å². The van der Waals surface area contributed by atoms with Crippen LogP contribution < -0.4 is 22.5 Å². The van der Waals surface area contributed by atoms with Gasteiger partial charge in [0.05, 0.1) is 0 Å². The summed E-state index contributed by atoms with van der Waals surface area (Å²) in [7, 11) is 0. The predicted octanol–water partition coefficient (Wildman–Crippen LogP) is 0.183. The molecule has 0 aromatic carbocycles. The number of carbonyl (C=O) groups excluding carboxylic acids is 1. The van der Waals surface area contributed by atoms with Crippen LogP contribution in [0.15, 0.2) is 0 Å². The lowest BCUT2D eigenvalue weighted by atomic mass is 10.2. The van der Waals surface area contributed by atoms with Gasteiger partial charge in [-0.25, -0.2) is 9.97 Å². The Labute approximate surface area is 116 Å². The Hall–Kier alpha value is -1.31. The van der Waals surface area contributed by atoms with Crippen molar-refractivity contribution in [3.8, 4) is 0 Å². The highest BCUT2D eigenvalue weighted by Crippen LogP contribution is 2.17. The molecule has 0 radical (unpaired) electrons. The van der Waals surface area contributed by atoms with Gasteiger partial charge in [-0.2, -0.15) is 0 Å². The van der Waals surface area contributed by atoms with Crippen LogP contribution >= 0.6 is 24.0 Å². The Balaban J connectivity index is 0.00000289. The minimum Gasteiger partial charge on any atom is -0.382 e. The summed E-state index contributed by atoms with van der Waals surface area (Å²) >= 11 is 5.66. The highest BCUT2D eigenvalue weighted by molar-refractivity contribution is 6.31. The molecule has 18 heavy (non-hydrogen) atoms. The van der Waals surface area contributed by atoms with Crippen molar-refractivity contribution in [2.24, 2.45) is 5.73 Å². The lowest BCUT2D eigenvalue weighted by Gasteiger charge is -2.11. The summed E-state index contributed by atoms with van der Waals surface area (Å²) in [4.78, 5) is 19.2. The van der Waals surface area contributed by atoms with E-state index in [4.69, 9.17) is 28.8 Å². The zero-order chi connectivity index (χ0) is 13.0. The Bertz CT molecular complexity index is 428. The monoisotopic (exact) mass is 294 g/mol. The molecule has 1 amide bonds. The van der Waals surface area contributed by atoms with Crippen LogP contribution in [0.3, 0.4) is 0 Å². The van der Waals surface area contributed by atoms with Gasteiger partial charge in [0, 0.05) is 12.6 Å². The maximum absolute atomic E-state index is 11.7. The van der Waals surface area contributed by atoms with E-state index in [1.165, 1.54) is 0 Å². The van der Waals surface area contributed by atoms with Crippen molar-refractivity contribution in [2.75, 3.05) is 18.0 Å². The molecule has 0 aliphatic heterocycles. The van der Waals surface area contributed by atoms with Crippen molar-refractivity contribution in [1.82, 2.24) is 15.3 Å². The van der Waals surface area contributed by atoms with E-state index in [0.29, 0.717) is 6.54 Å². The topological polar surface area (TPSA) is 133 Å².